The van der Waals surface area contributed by atoms with Crippen molar-refractivity contribution in [2.24, 2.45) is 0 Å². The molecule has 0 saturated carbocycles. The van der Waals surface area contributed by atoms with E-state index < -0.39 is 0 Å². The van der Waals surface area contributed by atoms with Gasteiger partial charge in [0.2, 0.25) is 5.82 Å². The van der Waals surface area contributed by atoms with Crippen molar-refractivity contribution >= 4 is 0 Å². The van der Waals surface area contributed by atoms with Gasteiger partial charge in [0.15, 0.2) is 11.5 Å². The van der Waals surface area contributed by atoms with Crippen LogP contribution in [-0.4, -0.2) is 31.0 Å². The summed E-state index contributed by atoms with van der Waals surface area (Å²) < 4.78 is 21.7. The van der Waals surface area contributed by atoms with Crippen LogP contribution in [0.25, 0.3) is 34.0 Å². The van der Waals surface area contributed by atoms with Crippen molar-refractivity contribution in [1.82, 2.24) is 10.1 Å². The molecule has 1 heterocycles. The highest BCUT2D eigenvalue weighted by atomic mass is 16.5. The minimum absolute atomic E-state index is 0.419. The predicted octanol–water partition coefficient (Wildman–Crippen LogP) is 5.88. The lowest BCUT2D eigenvalue weighted by atomic mass is 10.0. The lowest BCUT2D eigenvalue weighted by molar-refractivity contribution is 0.317. The zero-order valence-corrected chi connectivity index (χ0v) is 17.8. The first-order chi connectivity index (χ1) is 15.2. The Morgan fingerprint density at radius 2 is 1.35 bits per heavy atom. The van der Waals surface area contributed by atoms with E-state index in [-0.39, 0.29) is 0 Å². The van der Waals surface area contributed by atoms with Crippen molar-refractivity contribution in [1.29, 1.82) is 0 Å². The largest absolute Gasteiger partial charge is 0.494 e. The van der Waals surface area contributed by atoms with Crippen LogP contribution in [0.15, 0.2) is 71.3 Å². The lowest BCUT2D eigenvalue weighted by Gasteiger charge is -2.07. The van der Waals surface area contributed by atoms with Crippen LogP contribution in [0.5, 0.6) is 17.2 Å². The van der Waals surface area contributed by atoms with Crippen LogP contribution in [0.3, 0.4) is 0 Å². The van der Waals surface area contributed by atoms with E-state index in [2.05, 4.69) is 29.2 Å². The summed E-state index contributed by atoms with van der Waals surface area (Å²) in [7, 11) is 3.19. The molecule has 0 amide bonds. The number of aromatic nitrogens is 2. The molecule has 0 radical (unpaired) electrons. The number of ether oxygens (including phenoxy) is 3. The summed E-state index contributed by atoms with van der Waals surface area (Å²) in [6, 6.07) is 21.6. The van der Waals surface area contributed by atoms with Gasteiger partial charge >= 0.3 is 0 Å². The summed E-state index contributed by atoms with van der Waals surface area (Å²) >= 11 is 0. The average Bonchev–Trinajstić information content (AvgIpc) is 3.33. The zero-order chi connectivity index (χ0) is 21.6. The molecular formula is C25H24N2O4. The standard InChI is InChI=1S/C25H24N2O4/c1-4-15-30-21-12-9-18(10-13-21)17-5-7-19(8-6-17)24-26-25(31-27-24)20-11-14-22(28-2)23(16-20)29-3/h5-14,16H,4,15H2,1-3H3. The predicted molar refractivity (Wildman–Crippen MR) is 119 cm³/mol. The van der Waals surface area contributed by atoms with Crippen LogP contribution < -0.4 is 14.2 Å². The maximum absolute atomic E-state index is 5.65. The molecule has 0 bridgehead atoms. The van der Waals surface area contributed by atoms with Gasteiger partial charge in [-0.2, -0.15) is 4.98 Å². The number of methoxy groups -OCH3 is 2. The van der Waals surface area contributed by atoms with Crippen molar-refractivity contribution in [2.75, 3.05) is 20.8 Å². The van der Waals surface area contributed by atoms with Crippen molar-refractivity contribution < 1.29 is 18.7 Å². The molecule has 0 atom stereocenters. The Bertz CT molecular complexity index is 1140. The second-order valence-corrected chi connectivity index (χ2v) is 6.94. The number of hydrogen-bond donors (Lipinski definition) is 0. The second-order valence-electron chi connectivity index (χ2n) is 6.94. The SMILES string of the molecule is CCCOc1ccc(-c2ccc(-c3noc(-c4ccc(OC)c(OC)c4)n3)cc2)cc1. The van der Waals surface area contributed by atoms with Crippen molar-refractivity contribution in [3.63, 3.8) is 0 Å². The van der Waals surface area contributed by atoms with E-state index in [1.54, 1.807) is 14.2 Å². The molecule has 1 aromatic heterocycles. The fourth-order valence-electron chi connectivity index (χ4n) is 3.20. The van der Waals surface area contributed by atoms with Gasteiger partial charge < -0.3 is 18.7 Å². The van der Waals surface area contributed by atoms with Gasteiger partial charge in [0.1, 0.15) is 5.75 Å². The van der Waals surface area contributed by atoms with Crippen LogP contribution in [0.2, 0.25) is 0 Å². The number of hydrogen-bond acceptors (Lipinski definition) is 6. The van der Waals surface area contributed by atoms with Crippen molar-refractivity contribution in [3.8, 4) is 51.2 Å². The molecule has 6 nitrogen and oxygen atoms in total. The number of rotatable bonds is 8. The topological polar surface area (TPSA) is 66.6 Å². The highest BCUT2D eigenvalue weighted by Gasteiger charge is 2.13. The Kier molecular flexibility index (Phi) is 6.17. The normalized spacial score (nSPS) is 10.7. The van der Waals surface area contributed by atoms with Gasteiger partial charge in [-0.3, -0.25) is 0 Å². The van der Waals surface area contributed by atoms with Crippen LogP contribution in [-0.2, 0) is 0 Å². The number of nitrogens with zero attached hydrogens (tertiary/aromatic N) is 2. The molecule has 0 saturated heterocycles. The van der Waals surface area contributed by atoms with Crippen LogP contribution >= 0.6 is 0 Å². The van der Waals surface area contributed by atoms with E-state index >= 15 is 0 Å². The molecular weight excluding hydrogens is 392 g/mol. The summed E-state index contributed by atoms with van der Waals surface area (Å²) in [6.07, 6.45) is 0.993. The van der Waals surface area contributed by atoms with Crippen LogP contribution in [0.4, 0.5) is 0 Å². The van der Waals surface area contributed by atoms with E-state index in [1.165, 1.54) is 0 Å². The van der Waals surface area contributed by atoms with Crippen molar-refractivity contribution in [3.05, 3.63) is 66.7 Å². The monoisotopic (exact) mass is 416 g/mol. The quantitative estimate of drug-likeness (QED) is 0.357. The smallest absolute Gasteiger partial charge is 0.258 e. The Balaban J connectivity index is 1.52. The third-order valence-corrected chi connectivity index (χ3v) is 4.86. The maximum Gasteiger partial charge on any atom is 0.258 e. The second kappa shape index (κ2) is 9.34. The Morgan fingerprint density at radius 1 is 0.742 bits per heavy atom. The van der Waals surface area contributed by atoms with E-state index in [9.17, 15) is 0 Å². The molecule has 4 aromatic rings. The molecule has 6 heteroatoms. The molecule has 0 aliphatic rings. The fraction of sp³-hybridized carbons (Fsp3) is 0.200. The third-order valence-electron chi connectivity index (χ3n) is 4.86. The van der Waals surface area contributed by atoms with Crippen molar-refractivity contribution in [2.45, 2.75) is 13.3 Å². The molecule has 0 N–H and O–H groups in total. The van der Waals surface area contributed by atoms with Gasteiger partial charge in [0.25, 0.3) is 5.89 Å². The first-order valence-corrected chi connectivity index (χ1v) is 10.1. The average molecular weight is 416 g/mol. The summed E-state index contributed by atoms with van der Waals surface area (Å²) in [4.78, 5) is 4.53. The fourth-order valence-corrected chi connectivity index (χ4v) is 3.20. The lowest BCUT2D eigenvalue weighted by Crippen LogP contribution is -1.94. The summed E-state index contributed by atoms with van der Waals surface area (Å²) in [5.74, 6) is 3.08. The molecule has 0 unspecified atom stereocenters. The molecule has 0 spiro atoms. The Morgan fingerprint density at radius 3 is 2.00 bits per heavy atom. The van der Waals surface area contributed by atoms with E-state index in [0.717, 1.165) is 41.0 Å². The Hall–Kier alpha value is -3.80. The van der Waals surface area contributed by atoms with Gasteiger partial charge in [-0.1, -0.05) is 48.5 Å². The molecule has 0 aliphatic carbocycles. The molecule has 0 aliphatic heterocycles. The molecule has 31 heavy (non-hydrogen) atoms. The van der Waals surface area contributed by atoms with E-state index in [4.69, 9.17) is 18.7 Å². The summed E-state index contributed by atoms with van der Waals surface area (Å²) in [5.41, 5.74) is 3.87. The minimum Gasteiger partial charge on any atom is -0.494 e. The van der Waals surface area contributed by atoms with Gasteiger partial charge in [0.05, 0.1) is 20.8 Å². The van der Waals surface area contributed by atoms with E-state index in [1.807, 2.05) is 54.6 Å². The molecule has 3 aromatic carbocycles. The highest BCUT2D eigenvalue weighted by molar-refractivity contribution is 5.69. The van der Waals surface area contributed by atoms with Gasteiger partial charge in [0, 0.05) is 11.1 Å². The molecule has 4 rings (SSSR count). The molecule has 0 fully saturated rings. The first-order valence-electron chi connectivity index (χ1n) is 10.1. The third kappa shape index (κ3) is 4.53. The van der Waals surface area contributed by atoms with Crippen LogP contribution in [0, 0.1) is 0 Å². The first kappa shape index (κ1) is 20.5. The summed E-state index contributed by atoms with van der Waals surface area (Å²) in [5, 5.41) is 4.13. The van der Waals surface area contributed by atoms with Crippen LogP contribution in [0.1, 0.15) is 13.3 Å². The summed E-state index contributed by atoms with van der Waals surface area (Å²) in [6.45, 7) is 2.82. The van der Waals surface area contributed by atoms with Gasteiger partial charge in [-0.25, -0.2) is 0 Å². The number of benzene rings is 3. The molecule has 158 valence electrons. The van der Waals surface area contributed by atoms with E-state index in [0.29, 0.717) is 23.2 Å². The van der Waals surface area contributed by atoms with Gasteiger partial charge in [-0.15, -0.1) is 0 Å². The Labute approximate surface area is 181 Å². The minimum atomic E-state index is 0.419. The maximum atomic E-state index is 5.65. The van der Waals surface area contributed by atoms with Gasteiger partial charge in [-0.05, 0) is 47.9 Å². The highest BCUT2D eigenvalue weighted by Crippen LogP contribution is 2.32. The zero-order valence-electron chi connectivity index (χ0n) is 17.8.